The van der Waals surface area contributed by atoms with Crippen molar-refractivity contribution in [3.63, 3.8) is 0 Å². The summed E-state index contributed by atoms with van der Waals surface area (Å²) >= 11 is 0. The number of amides is 1. The van der Waals surface area contributed by atoms with Crippen molar-refractivity contribution in [1.82, 2.24) is 10.3 Å². The summed E-state index contributed by atoms with van der Waals surface area (Å²) in [4.78, 5) is 15.9. The number of carbonyl (C=O) groups is 1. The first-order valence-corrected chi connectivity index (χ1v) is 6.78. The van der Waals surface area contributed by atoms with E-state index in [2.05, 4.69) is 10.3 Å². The first-order chi connectivity index (χ1) is 10.1. The Bertz CT molecular complexity index is 626. The number of rotatable bonds is 5. The Balaban J connectivity index is 1.88. The number of aromatic nitrogens is 1. The largest absolute Gasteiger partial charge is 0.350 e. The van der Waals surface area contributed by atoms with E-state index < -0.39 is 0 Å². The average Bonchev–Trinajstić information content (AvgIpc) is 2.48. The molecule has 1 amide bonds. The number of hydrogen-bond donors (Lipinski definition) is 1. The van der Waals surface area contributed by atoms with Crippen molar-refractivity contribution in [2.24, 2.45) is 0 Å². The summed E-state index contributed by atoms with van der Waals surface area (Å²) in [6, 6.07) is 11.9. The summed E-state index contributed by atoms with van der Waals surface area (Å²) < 4.78 is 13.5. The lowest BCUT2D eigenvalue weighted by Gasteiger charge is -2.13. The normalized spacial score (nSPS) is 12.3. The Hall–Kier alpha value is -2.49. The van der Waals surface area contributed by atoms with Gasteiger partial charge < -0.3 is 5.32 Å². The third-order valence-electron chi connectivity index (χ3n) is 2.97. The molecule has 1 N–H and O–H groups in total. The molecule has 0 saturated carbocycles. The van der Waals surface area contributed by atoms with E-state index >= 15 is 0 Å². The number of hydrogen-bond acceptors (Lipinski definition) is 2. The molecule has 0 aliphatic rings. The summed E-state index contributed by atoms with van der Waals surface area (Å²) in [6.07, 6.45) is 5.19. The van der Waals surface area contributed by atoms with Gasteiger partial charge in [-0.3, -0.25) is 9.78 Å². The van der Waals surface area contributed by atoms with Gasteiger partial charge in [0.15, 0.2) is 0 Å². The lowest BCUT2D eigenvalue weighted by Crippen LogP contribution is -2.32. The van der Waals surface area contributed by atoms with E-state index in [1.807, 2.05) is 25.1 Å². The fraction of sp³-hybridized carbons (Fsp3) is 0.176. The van der Waals surface area contributed by atoms with E-state index in [1.165, 1.54) is 12.1 Å². The second-order valence-corrected chi connectivity index (χ2v) is 4.79. The first-order valence-electron chi connectivity index (χ1n) is 6.78. The number of benzene rings is 1. The molecule has 0 bridgehead atoms. The Morgan fingerprint density at radius 3 is 2.76 bits per heavy atom. The van der Waals surface area contributed by atoms with Crippen molar-refractivity contribution in [2.75, 3.05) is 0 Å². The Kier molecular flexibility index (Phi) is 5.21. The summed E-state index contributed by atoms with van der Waals surface area (Å²) in [7, 11) is 0. The smallest absolute Gasteiger partial charge is 0.244 e. The van der Waals surface area contributed by atoms with Crippen LogP contribution in [0.4, 0.5) is 4.39 Å². The molecule has 1 aromatic heterocycles. The zero-order chi connectivity index (χ0) is 15.1. The molecule has 0 saturated heterocycles. The molecule has 0 aliphatic carbocycles. The van der Waals surface area contributed by atoms with Gasteiger partial charge in [0.05, 0.1) is 5.69 Å². The highest BCUT2D eigenvalue weighted by Gasteiger charge is 2.08. The topological polar surface area (TPSA) is 42.0 Å². The maximum atomic E-state index is 13.5. The molecule has 0 fully saturated rings. The summed E-state index contributed by atoms with van der Waals surface area (Å²) in [5.74, 6) is -0.466. The van der Waals surface area contributed by atoms with Gasteiger partial charge in [0.1, 0.15) is 5.82 Å². The highest BCUT2D eigenvalue weighted by Crippen LogP contribution is 2.09. The van der Waals surface area contributed by atoms with Gasteiger partial charge in [-0.05, 0) is 43.2 Å². The van der Waals surface area contributed by atoms with Crippen LogP contribution in [0.1, 0.15) is 18.2 Å². The molecule has 1 unspecified atom stereocenters. The van der Waals surface area contributed by atoms with E-state index in [9.17, 15) is 9.18 Å². The SMILES string of the molecule is CC(Cc1ccccc1F)NC(=O)/C=C/c1ccccn1. The van der Waals surface area contributed by atoms with Gasteiger partial charge in [0.2, 0.25) is 5.91 Å². The molecule has 1 aromatic carbocycles. The summed E-state index contributed by atoms with van der Waals surface area (Å²) in [6.45, 7) is 1.85. The van der Waals surface area contributed by atoms with Crippen LogP contribution in [0.15, 0.2) is 54.7 Å². The number of nitrogens with zero attached hydrogens (tertiary/aromatic N) is 1. The number of carbonyl (C=O) groups excluding carboxylic acids is 1. The lowest BCUT2D eigenvalue weighted by molar-refractivity contribution is -0.117. The van der Waals surface area contributed by atoms with E-state index in [0.29, 0.717) is 12.0 Å². The standard InChI is InChI=1S/C17H17FN2O/c1-13(12-14-6-2-3-8-16(14)18)20-17(21)10-9-15-7-4-5-11-19-15/h2-11,13H,12H2,1H3,(H,20,21)/b10-9+. The maximum Gasteiger partial charge on any atom is 0.244 e. The van der Waals surface area contributed by atoms with Crippen LogP contribution >= 0.6 is 0 Å². The van der Waals surface area contributed by atoms with Gasteiger partial charge in [-0.2, -0.15) is 0 Å². The minimum atomic E-state index is -0.248. The molecule has 2 aromatic rings. The molecule has 21 heavy (non-hydrogen) atoms. The van der Waals surface area contributed by atoms with E-state index in [0.717, 1.165) is 5.69 Å². The molecule has 1 atom stereocenters. The molecule has 1 heterocycles. The third kappa shape index (κ3) is 4.84. The second-order valence-electron chi connectivity index (χ2n) is 4.79. The van der Waals surface area contributed by atoms with Gasteiger partial charge in [-0.25, -0.2) is 4.39 Å². The van der Waals surface area contributed by atoms with Crippen molar-refractivity contribution in [3.05, 3.63) is 71.8 Å². The van der Waals surface area contributed by atoms with Crippen molar-refractivity contribution >= 4 is 12.0 Å². The highest BCUT2D eigenvalue weighted by atomic mass is 19.1. The molecule has 108 valence electrons. The quantitative estimate of drug-likeness (QED) is 0.858. The maximum absolute atomic E-state index is 13.5. The minimum absolute atomic E-state index is 0.150. The van der Waals surface area contributed by atoms with Crippen LogP contribution in [0.2, 0.25) is 0 Å². The summed E-state index contributed by atoms with van der Waals surface area (Å²) in [5.41, 5.74) is 1.31. The van der Waals surface area contributed by atoms with Crippen LogP contribution in [-0.4, -0.2) is 16.9 Å². The monoisotopic (exact) mass is 284 g/mol. The Labute approximate surface area is 123 Å². The van der Waals surface area contributed by atoms with Gasteiger partial charge in [0, 0.05) is 18.3 Å². The Morgan fingerprint density at radius 2 is 2.05 bits per heavy atom. The zero-order valence-electron chi connectivity index (χ0n) is 11.8. The van der Waals surface area contributed by atoms with Gasteiger partial charge >= 0.3 is 0 Å². The number of pyridine rings is 1. The predicted molar refractivity (Wildman–Crippen MR) is 81.0 cm³/mol. The first kappa shape index (κ1) is 14.9. The fourth-order valence-corrected chi connectivity index (χ4v) is 1.97. The van der Waals surface area contributed by atoms with Crippen molar-refractivity contribution in [2.45, 2.75) is 19.4 Å². The molecule has 2 rings (SSSR count). The fourth-order valence-electron chi connectivity index (χ4n) is 1.97. The molecule has 4 heteroatoms. The van der Waals surface area contributed by atoms with Crippen LogP contribution in [0.3, 0.4) is 0 Å². The number of nitrogens with one attached hydrogen (secondary N) is 1. The molecule has 0 radical (unpaired) electrons. The molecular weight excluding hydrogens is 267 g/mol. The van der Waals surface area contributed by atoms with Crippen molar-refractivity contribution in [3.8, 4) is 0 Å². The van der Waals surface area contributed by atoms with E-state index in [-0.39, 0.29) is 17.8 Å². The predicted octanol–water partition coefficient (Wildman–Crippen LogP) is 2.98. The second kappa shape index (κ2) is 7.33. The van der Waals surface area contributed by atoms with E-state index in [1.54, 1.807) is 30.5 Å². The van der Waals surface area contributed by atoms with Crippen LogP contribution in [-0.2, 0) is 11.2 Å². The van der Waals surface area contributed by atoms with Crippen molar-refractivity contribution < 1.29 is 9.18 Å². The minimum Gasteiger partial charge on any atom is -0.350 e. The average molecular weight is 284 g/mol. The summed E-state index contributed by atoms with van der Waals surface area (Å²) in [5, 5.41) is 2.81. The third-order valence-corrected chi connectivity index (χ3v) is 2.97. The number of halogens is 1. The lowest BCUT2D eigenvalue weighted by atomic mass is 10.1. The molecule has 0 aliphatic heterocycles. The van der Waals surface area contributed by atoms with Gasteiger partial charge in [-0.15, -0.1) is 0 Å². The molecule has 0 spiro atoms. The van der Waals surface area contributed by atoms with E-state index in [4.69, 9.17) is 0 Å². The van der Waals surface area contributed by atoms with Gasteiger partial charge in [-0.1, -0.05) is 24.3 Å². The highest BCUT2D eigenvalue weighted by molar-refractivity contribution is 5.91. The molecular formula is C17H17FN2O. The van der Waals surface area contributed by atoms with Crippen LogP contribution in [0.25, 0.3) is 6.08 Å². The van der Waals surface area contributed by atoms with Crippen LogP contribution < -0.4 is 5.32 Å². The Morgan fingerprint density at radius 1 is 1.29 bits per heavy atom. The zero-order valence-corrected chi connectivity index (χ0v) is 11.8. The van der Waals surface area contributed by atoms with Gasteiger partial charge in [0.25, 0.3) is 0 Å². The van der Waals surface area contributed by atoms with Crippen LogP contribution in [0.5, 0.6) is 0 Å². The molecule has 3 nitrogen and oxygen atoms in total. The van der Waals surface area contributed by atoms with Crippen molar-refractivity contribution in [1.29, 1.82) is 0 Å². The van der Waals surface area contributed by atoms with Crippen LogP contribution in [0, 0.1) is 5.82 Å².